The summed E-state index contributed by atoms with van der Waals surface area (Å²) in [4.78, 5) is 26.9. The van der Waals surface area contributed by atoms with E-state index in [-0.39, 0.29) is 16.5 Å². The molecule has 0 atom stereocenters. The van der Waals surface area contributed by atoms with Crippen LogP contribution in [0.4, 0.5) is 11.4 Å². The summed E-state index contributed by atoms with van der Waals surface area (Å²) in [5.41, 5.74) is 0.780. The minimum Gasteiger partial charge on any atom is -0.362 e. The Morgan fingerprint density at radius 3 is 2.42 bits per heavy atom. The van der Waals surface area contributed by atoms with Crippen LogP contribution in [0.15, 0.2) is 24.3 Å². The van der Waals surface area contributed by atoms with Crippen molar-refractivity contribution < 1.29 is 9.72 Å². The highest BCUT2D eigenvalue weighted by Gasteiger charge is 2.25. The zero-order chi connectivity index (χ0) is 17.4. The van der Waals surface area contributed by atoms with Gasteiger partial charge in [-0.15, -0.1) is 0 Å². The van der Waals surface area contributed by atoms with E-state index in [0.29, 0.717) is 38.3 Å². The maximum absolute atomic E-state index is 12.2. The molecule has 1 aromatic carbocycles. The summed E-state index contributed by atoms with van der Waals surface area (Å²) in [5.74, 6) is 0.216. The van der Waals surface area contributed by atoms with Gasteiger partial charge in [0.25, 0.3) is 5.69 Å². The average molecular weight is 333 g/mol. The Hall–Kier alpha value is -2.11. The standard InChI is InChI=1S/C18H27N3O3/c1-2-3-4-5-6-11-18(22)20-14-12-19(13-15-20)16-9-7-8-10-17(16)21(23)24/h7-10H,2-6,11-15H2,1H3. The first kappa shape index (κ1) is 18.2. The van der Waals surface area contributed by atoms with Gasteiger partial charge < -0.3 is 9.80 Å². The van der Waals surface area contributed by atoms with Crippen LogP contribution < -0.4 is 4.90 Å². The fourth-order valence-corrected chi connectivity index (χ4v) is 3.12. The van der Waals surface area contributed by atoms with Gasteiger partial charge >= 0.3 is 0 Å². The molecule has 0 unspecified atom stereocenters. The van der Waals surface area contributed by atoms with Crippen molar-refractivity contribution in [3.8, 4) is 0 Å². The maximum Gasteiger partial charge on any atom is 0.292 e. The van der Waals surface area contributed by atoms with Crippen molar-refractivity contribution in [1.82, 2.24) is 4.90 Å². The molecule has 24 heavy (non-hydrogen) atoms. The van der Waals surface area contributed by atoms with Gasteiger partial charge in [0.05, 0.1) is 4.92 Å². The minimum atomic E-state index is -0.344. The Labute approximate surface area is 143 Å². The number of nitro groups is 1. The number of anilines is 1. The van der Waals surface area contributed by atoms with Crippen LogP contribution in [0.2, 0.25) is 0 Å². The number of para-hydroxylation sites is 2. The molecule has 0 aromatic heterocycles. The van der Waals surface area contributed by atoms with Crippen molar-refractivity contribution in [2.24, 2.45) is 0 Å². The monoisotopic (exact) mass is 333 g/mol. The lowest BCUT2D eigenvalue weighted by molar-refractivity contribution is -0.384. The van der Waals surface area contributed by atoms with Crippen LogP contribution in [0.5, 0.6) is 0 Å². The molecule has 6 nitrogen and oxygen atoms in total. The summed E-state index contributed by atoms with van der Waals surface area (Å²) < 4.78 is 0. The first-order valence-corrected chi connectivity index (χ1v) is 8.89. The molecule has 132 valence electrons. The van der Waals surface area contributed by atoms with Crippen molar-refractivity contribution in [3.05, 3.63) is 34.4 Å². The van der Waals surface area contributed by atoms with Gasteiger partial charge in [-0.25, -0.2) is 0 Å². The van der Waals surface area contributed by atoms with Gasteiger partial charge in [-0.1, -0.05) is 44.7 Å². The van der Waals surface area contributed by atoms with Gasteiger partial charge in [0.1, 0.15) is 5.69 Å². The molecule has 1 amide bonds. The molecule has 6 heteroatoms. The van der Waals surface area contributed by atoms with E-state index in [1.807, 2.05) is 15.9 Å². The highest BCUT2D eigenvalue weighted by molar-refractivity contribution is 5.76. The number of nitrogens with zero attached hydrogens (tertiary/aromatic N) is 3. The maximum atomic E-state index is 12.2. The Balaban J connectivity index is 1.81. The Morgan fingerprint density at radius 2 is 1.75 bits per heavy atom. The smallest absolute Gasteiger partial charge is 0.292 e. The number of rotatable bonds is 8. The second-order valence-electron chi connectivity index (χ2n) is 6.28. The predicted octanol–water partition coefficient (Wildman–Crippen LogP) is 3.60. The molecule has 0 radical (unpaired) electrons. The predicted molar refractivity (Wildman–Crippen MR) is 95.3 cm³/mol. The van der Waals surface area contributed by atoms with Crippen LogP contribution in [0.1, 0.15) is 45.4 Å². The highest BCUT2D eigenvalue weighted by Crippen LogP contribution is 2.28. The van der Waals surface area contributed by atoms with Crippen LogP contribution in [0.25, 0.3) is 0 Å². The fourth-order valence-electron chi connectivity index (χ4n) is 3.12. The molecule has 2 rings (SSSR count). The van der Waals surface area contributed by atoms with Crippen LogP contribution >= 0.6 is 0 Å². The number of nitro benzene ring substituents is 1. The second kappa shape index (κ2) is 9.25. The van der Waals surface area contributed by atoms with E-state index in [4.69, 9.17) is 0 Å². The fraction of sp³-hybridized carbons (Fsp3) is 0.611. The molecule has 1 saturated heterocycles. The Bertz CT molecular complexity index is 554. The molecular weight excluding hydrogens is 306 g/mol. The number of hydrogen-bond acceptors (Lipinski definition) is 4. The van der Waals surface area contributed by atoms with Gasteiger partial charge in [0.15, 0.2) is 0 Å². The van der Waals surface area contributed by atoms with Crippen molar-refractivity contribution in [2.45, 2.75) is 45.4 Å². The van der Waals surface area contributed by atoms with E-state index in [1.165, 1.54) is 25.3 Å². The molecule has 0 saturated carbocycles. The van der Waals surface area contributed by atoms with Crippen LogP contribution in [0, 0.1) is 10.1 Å². The topological polar surface area (TPSA) is 66.7 Å². The quantitative estimate of drug-likeness (QED) is 0.414. The summed E-state index contributed by atoms with van der Waals surface area (Å²) >= 11 is 0. The van der Waals surface area contributed by atoms with Gasteiger partial charge in [-0.2, -0.15) is 0 Å². The normalized spacial score (nSPS) is 14.7. The summed E-state index contributed by atoms with van der Waals surface area (Å²) in [6, 6.07) is 6.81. The average Bonchev–Trinajstić information content (AvgIpc) is 2.61. The van der Waals surface area contributed by atoms with E-state index in [0.717, 1.165) is 12.8 Å². The summed E-state index contributed by atoms with van der Waals surface area (Å²) in [6.07, 6.45) is 6.35. The number of unbranched alkanes of at least 4 members (excludes halogenated alkanes) is 4. The largest absolute Gasteiger partial charge is 0.362 e. The number of amides is 1. The molecule has 0 aliphatic carbocycles. The van der Waals surface area contributed by atoms with E-state index in [2.05, 4.69) is 6.92 Å². The van der Waals surface area contributed by atoms with Gasteiger partial charge in [-0.3, -0.25) is 14.9 Å². The van der Waals surface area contributed by atoms with Crippen molar-refractivity contribution in [2.75, 3.05) is 31.1 Å². The molecule has 0 bridgehead atoms. The minimum absolute atomic E-state index is 0.133. The lowest BCUT2D eigenvalue weighted by Crippen LogP contribution is -2.48. The van der Waals surface area contributed by atoms with Crippen LogP contribution in [-0.2, 0) is 4.79 Å². The summed E-state index contributed by atoms with van der Waals surface area (Å²) in [5, 5.41) is 11.1. The SMILES string of the molecule is CCCCCCCC(=O)N1CCN(c2ccccc2[N+](=O)[O-])CC1. The van der Waals surface area contributed by atoms with E-state index in [1.54, 1.807) is 12.1 Å². The third-order valence-corrected chi connectivity index (χ3v) is 4.55. The number of benzene rings is 1. The third-order valence-electron chi connectivity index (χ3n) is 4.55. The second-order valence-corrected chi connectivity index (χ2v) is 6.28. The Kier molecular flexibility index (Phi) is 7.03. The number of carbonyl (C=O) groups is 1. The number of piperazine rings is 1. The van der Waals surface area contributed by atoms with Crippen molar-refractivity contribution in [3.63, 3.8) is 0 Å². The molecule has 0 N–H and O–H groups in total. The number of hydrogen-bond donors (Lipinski definition) is 0. The first-order chi connectivity index (χ1) is 11.6. The van der Waals surface area contributed by atoms with Gasteiger partial charge in [0.2, 0.25) is 5.91 Å². The zero-order valence-electron chi connectivity index (χ0n) is 14.4. The summed E-state index contributed by atoms with van der Waals surface area (Å²) in [7, 11) is 0. The first-order valence-electron chi connectivity index (χ1n) is 8.89. The van der Waals surface area contributed by atoms with Crippen molar-refractivity contribution in [1.29, 1.82) is 0 Å². The third kappa shape index (κ3) is 4.94. The van der Waals surface area contributed by atoms with E-state index in [9.17, 15) is 14.9 Å². The van der Waals surface area contributed by atoms with E-state index < -0.39 is 0 Å². The molecule has 0 spiro atoms. The molecule has 1 aliphatic rings. The van der Waals surface area contributed by atoms with Crippen molar-refractivity contribution >= 4 is 17.3 Å². The van der Waals surface area contributed by atoms with E-state index >= 15 is 0 Å². The van der Waals surface area contributed by atoms with Gasteiger partial charge in [-0.05, 0) is 12.5 Å². The van der Waals surface area contributed by atoms with Crippen LogP contribution in [-0.4, -0.2) is 41.9 Å². The Morgan fingerprint density at radius 1 is 1.08 bits per heavy atom. The molecule has 1 heterocycles. The lowest BCUT2D eigenvalue weighted by atomic mass is 10.1. The van der Waals surface area contributed by atoms with Crippen LogP contribution in [0.3, 0.4) is 0 Å². The molecular formula is C18H27N3O3. The summed E-state index contributed by atoms with van der Waals surface area (Å²) in [6.45, 7) is 4.75. The molecule has 1 fully saturated rings. The lowest BCUT2D eigenvalue weighted by Gasteiger charge is -2.35. The molecule has 1 aromatic rings. The molecule has 1 aliphatic heterocycles. The number of carbonyl (C=O) groups excluding carboxylic acids is 1. The zero-order valence-corrected chi connectivity index (χ0v) is 14.4. The van der Waals surface area contributed by atoms with Gasteiger partial charge in [0, 0.05) is 38.7 Å². The highest BCUT2D eigenvalue weighted by atomic mass is 16.6.